The van der Waals surface area contributed by atoms with Crippen LogP contribution >= 0.6 is 11.3 Å². The van der Waals surface area contributed by atoms with Gasteiger partial charge in [0.2, 0.25) is 5.91 Å². The number of hydrogen-bond donors (Lipinski definition) is 3. The summed E-state index contributed by atoms with van der Waals surface area (Å²) in [4.78, 5) is 57.1. The largest absolute Gasteiger partial charge is 0.453 e. The molecule has 13 heteroatoms. The van der Waals surface area contributed by atoms with Crippen LogP contribution in [-0.4, -0.2) is 79.1 Å². The van der Waals surface area contributed by atoms with E-state index in [-0.39, 0.29) is 24.5 Å². The topological polar surface area (TPSA) is 148 Å². The molecule has 0 bridgehead atoms. The van der Waals surface area contributed by atoms with Crippen LogP contribution in [0.25, 0.3) is 11.1 Å². The zero-order valence-electron chi connectivity index (χ0n) is 28.5. The predicted molar refractivity (Wildman–Crippen MR) is 187 cm³/mol. The van der Waals surface area contributed by atoms with Crippen molar-refractivity contribution in [2.45, 2.75) is 76.4 Å². The first-order chi connectivity index (χ1) is 23.5. The van der Waals surface area contributed by atoms with Gasteiger partial charge in [0.1, 0.15) is 18.2 Å². The number of anilines is 1. The van der Waals surface area contributed by atoms with Crippen LogP contribution in [0.3, 0.4) is 0 Å². The van der Waals surface area contributed by atoms with Gasteiger partial charge >= 0.3 is 18.3 Å². The molecule has 2 heterocycles. The molecule has 0 spiro atoms. The van der Waals surface area contributed by atoms with Crippen molar-refractivity contribution < 1.29 is 33.4 Å². The van der Waals surface area contributed by atoms with Gasteiger partial charge in [0, 0.05) is 36.9 Å². The van der Waals surface area contributed by atoms with Crippen LogP contribution in [0, 0.1) is 0 Å². The van der Waals surface area contributed by atoms with Gasteiger partial charge in [-0.1, -0.05) is 48.5 Å². The van der Waals surface area contributed by atoms with E-state index in [1.807, 2.05) is 41.8 Å². The second kappa shape index (κ2) is 16.2. The minimum atomic E-state index is -0.908. The number of carbonyl (C=O) groups excluding carboxylic acids is 4. The van der Waals surface area contributed by atoms with Gasteiger partial charge in [0.05, 0.1) is 12.8 Å². The molecule has 0 saturated carbocycles. The predicted octanol–water partition coefficient (Wildman–Crippen LogP) is 6.63. The van der Waals surface area contributed by atoms with Crippen LogP contribution in [0.5, 0.6) is 0 Å². The van der Waals surface area contributed by atoms with Crippen LogP contribution in [0.15, 0.2) is 53.9 Å². The van der Waals surface area contributed by atoms with E-state index in [1.54, 1.807) is 25.7 Å². The monoisotopic (exact) mass is 691 g/mol. The number of methoxy groups -OCH3 is 1. The number of piperidine rings is 1. The Morgan fingerprint density at radius 3 is 2.37 bits per heavy atom. The zero-order chi connectivity index (χ0) is 35.0. The molecule has 1 saturated heterocycles. The van der Waals surface area contributed by atoms with Gasteiger partial charge in [-0.2, -0.15) is 0 Å². The maximum atomic E-state index is 13.6. The maximum absolute atomic E-state index is 13.6. The summed E-state index contributed by atoms with van der Waals surface area (Å²) in [5, 5.41) is 10.6. The number of nitrogens with zero attached hydrogens (tertiary/aromatic N) is 2. The molecule has 4 amide bonds. The second-order valence-electron chi connectivity index (χ2n) is 13.3. The lowest BCUT2D eigenvalue weighted by Crippen LogP contribution is -2.44. The molecule has 1 fully saturated rings. The summed E-state index contributed by atoms with van der Waals surface area (Å²) in [6, 6.07) is 15.3. The lowest BCUT2D eigenvalue weighted by atomic mass is 9.96. The fraction of sp³-hybridized carbons (Fsp3) is 0.472. The first-order valence-electron chi connectivity index (χ1n) is 16.7. The third-order valence-electron chi connectivity index (χ3n) is 8.56. The molecule has 1 aromatic heterocycles. The third kappa shape index (κ3) is 9.50. The number of carbonyl (C=O) groups is 4. The summed E-state index contributed by atoms with van der Waals surface area (Å²) in [5.41, 5.74) is 4.62. The van der Waals surface area contributed by atoms with Crippen LogP contribution < -0.4 is 16.0 Å². The SMILES string of the molecule is COC(=O)N1CCCC(c2csc(NC(=O)[C@H](CCCCNC(=O)OC(C)(C)C)NC(=O)OCC3c4ccccc4-c4ccccc43)n2)C1. The smallest absolute Gasteiger partial charge is 0.409 e. The average molecular weight is 692 g/mol. The van der Waals surface area contributed by atoms with Crippen molar-refractivity contribution in [1.82, 2.24) is 20.5 Å². The number of rotatable bonds is 11. The van der Waals surface area contributed by atoms with Gasteiger partial charge in [-0.3, -0.25) is 4.79 Å². The molecular weight excluding hydrogens is 646 g/mol. The van der Waals surface area contributed by atoms with Crippen molar-refractivity contribution in [1.29, 1.82) is 0 Å². The van der Waals surface area contributed by atoms with Crippen LogP contribution in [-0.2, 0) is 19.0 Å². The molecule has 1 aliphatic heterocycles. The van der Waals surface area contributed by atoms with E-state index in [2.05, 4.69) is 33.1 Å². The number of amides is 4. The van der Waals surface area contributed by atoms with E-state index in [0.29, 0.717) is 44.0 Å². The van der Waals surface area contributed by atoms with Gasteiger partial charge in [0.25, 0.3) is 0 Å². The highest BCUT2D eigenvalue weighted by Gasteiger charge is 2.31. The Balaban J connectivity index is 1.20. The lowest BCUT2D eigenvalue weighted by molar-refractivity contribution is -0.118. The van der Waals surface area contributed by atoms with Gasteiger partial charge in [-0.05, 0) is 75.1 Å². The summed E-state index contributed by atoms with van der Waals surface area (Å²) < 4.78 is 15.9. The minimum Gasteiger partial charge on any atom is -0.453 e. The molecule has 5 rings (SSSR count). The van der Waals surface area contributed by atoms with E-state index >= 15 is 0 Å². The molecule has 1 aliphatic carbocycles. The second-order valence-corrected chi connectivity index (χ2v) is 14.1. The fourth-order valence-corrected chi connectivity index (χ4v) is 7.06. The Hall–Kier alpha value is -4.65. The van der Waals surface area contributed by atoms with E-state index in [9.17, 15) is 19.2 Å². The Labute approximate surface area is 290 Å². The van der Waals surface area contributed by atoms with Crippen LogP contribution in [0.1, 0.15) is 81.5 Å². The molecule has 262 valence electrons. The first kappa shape index (κ1) is 35.7. The molecule has 3 aromatic rings. The van der Waals surface area contributed by atoms with Crippen LogP contribution in [0.2, 0.25) is 0 Å². The quantitative estimate of drug-likeness (QED) is 0.150. The number of aromatic nitrogens is 1. The fourth-order valence-electron chi connectivity index (χ4n) is 6.27. The number of alkyl carbamates (subject to hydrolysis) is 2. The van der Waals surface area contributed by atoms with E-state index in [0.717, 1.165) is 40.8 Å². The number of ether oxygens (including phenoxy) is 3. The number of thiazole rings is 1. The number of likely N-dealkylation sites (tertiary alicyclic amines) is 1. The standard InChI is InChI=1S/C36H45N5O7S/c1-36(2,3)48-33(43)37-18-10-9-17-29(31(42)40-32-38-30(22-49-32)23-12-11-19-41(20-23)35(45)46-4)39-34(44)47-21-28-26-15-7-5-13-24(26)25-14-6-8-16-27(25)28/h5-8,13-16,22-23,28-29H,9-12,17-21H2,1-4H3,(H,37,43)(H,39,44)(H,38,40,42)/t23?,29-/m0/s1. The van der Waals surface area contributed by atoms with Gasteiger partial charge in [0.15, 0.2) is 5.13 Å². The third-order valence-corrected chi connectivity index (χ3v) is 9.34. The molecule has 3 N–H and O–H groups in total. The molecule has 12 nitrogen and oxygen atoms in total. The Morgan fingerprint density at radius 1 is 1.00 bits per heavy atom. The summed E-state index contributed by atoms with van der Waals surface area (Å²) in [6.07, 6.45) is 1.53. The zero-order valence-corrected chi connectivity index (χ0v) is 29.3. The molecule has 49 heavy (non-hydrogen) atoms. The van der Waals surface area contributed by atoms with Gasteiger partial charge in [-0.15, -0.1) is 11.3 Å². The molecule has 0 radical (unpaired) electrons. The summed E-state index contributed by atoms with van der Waals surface area (Å²) in [5.74, 6) is -0.510. The molecule has 2 aromatic carbocycles. The Bertz CT molecular complexity index is 1590. The first-order valence-corrected chi connectivity index (χ1v) is 17.6. The van der Waals surface area contributed by atoms with Crippen molar-refractivity contribution >= 4 is 40.7 Å². The van der Waals surface area contributed by atoms with Crippen molar-refractivity contribution in [2.24, 2.45) is 0 Å². The maximum Gasteiger partial charge on any atom is 0.409 e. The summed E-state index contributed by atoms with van der Waals surface area (Å²) in [6.45, 7) is 6.98. The summed E-state index contributed by atoms with van der Waals surface area (Å²) >= 11 is 1.29. The minimum absolute atomic E-state index is 0.0296. The van der Waals surface area contributed by atoms with Gasteiger partial charge in [-0.25, -0.2) is 19.4 Å². The van der Waals surface area contributed by atoms with Crippen molar-refractivity contribution in [3.63, 3.8) is 0 Å². The van der Waals surface area contributed by atoms with Crippen molar-refractivity contribution in [3.05, 3.63) is 70.7 Å². The highest BCUT2D eigenvalue weighted by atomic mass is 32.1. The number of unbranched alkanes of at least 4 members (excludes halogenated alkanes) is 1. The Morgan fingerprint density at radius 2 is 1.69 bits per heavy atom. The van der Waals surface area contributed by atoms with E-state index < -0.39 is 29.7 Å². The van der Waals surface area contributed by atoms with Crippen molar-refractivity contribution in [3.8, 4) is 11.1 Å². The summed E-state index contributed by atoms with van der Waals surface area (Å²) in [7, 11) is 1.37. The lowest BCUT2D eigenvalue weighted by Gasteiger charge is -2.30. The normalized spacial score (nSPS) is 16.2. The number of nitrogens with one attached hydrogen (secondary N) is 3. The van der Waals surface area contributed by atoms with Crippen molar-refractivity contribution in [2.75, 3.05) is 38.7 Å². The highest BCUT2D eigenvalue weighted by Crippen LogP contribution is 2.44. The number of benzene rings is 2. The van der Waals surface area contributed by atoms with Gasteiger partial charge < -0.3 is 35.1 Å². The molecule has 2 atom stereocenters. The van der Waals surface area contributed by atoms with E-state index in [1.165, 1.54) is 18.4 Å². The molecule has 1 unspecified atom stereocenters. The number of fused-ring (bicyclic) bond motifs is 3. The highest BCUT2D eigenvalue weighted by molar-refractivity contribution is 7.14. The molecular formula is C36H45N5O7S. The molecule has 2 aliphatic rings. The Kier molecular flexibility index (Phi) is 11.8. The number of hydrogen-bond acceptors (Lipinski definition) is 9. The van der Waals surface area contributed by atoms with E-state index in [4.69, 9.17) is 14.2 Å². The average Bonchev–Trinajstić information content (AvgIpc) is 3.68. The van der Waals surface area contributed by atoms with Crippen LogP contribution in [0.4, 0.5) is 19.5 Å².